The molecule has 0 aliphatic rings. The van der Waals surface area contributed by atoms with E-state index in [1.165, 1.54) is 7.11 Å². The molecule has 1 atom stereocenters. The highest BCUT2D eigenvalue weighted by Gasteiger charge is 2.10. The third-order valence-corrected chi connectivity index (χ3v) is 3.66. The molecular formula is C15H17BrN2O2. The van der Waals surface area contributed by atoms with Crippen molar-refractivity contribution < 1.29 is 9.84 Å². The van der Waals surface area contributed by atoms with E-state index < -0.39 is 0 Å². The van der Waals surface area contributed by atoms with Gasteiger partial charge in [0, 0.05) is 18.8 Å². The number of nitrogens with zero attached hydrogens (tertiary/aromatic N) is 1. The number of hydrogen-bond acceptors (Lipinski definition) is 4. The van der Waals surface area contributed by atoms with Gasteiger partial charge in [0.1, 0.15) is 0 Å². The molecule has 1 aromatic carbocycles. The summed E-state index contributed by atoms with van der Waals surface area (Å²) in [5.74, 6) is 0.579. The zero-order valence-corrected chi connectivity index (χ0v) is 13.0. The predicted molar refractivity (Wildman–Crippen MR) is 81.9 cm³/mol. The van der Waals surface area contributed by atoms with Gasteiger partial charge in [0.05, 0.1) is 17.3 Å². The Morgan fingerprint density at radius 2 is 2.20 bits per heavy atom. The molecule has 0 aliphatic carbocycles. The molecule has 0 amide bonds. The maximum atomic E-state index is 9.78. The third kappa shape index (κ3) is 3.49. The highest BCUT2D eigenvalue weighted by Crippen LogP contribution is 2.35. The van der Waals surface area contributed by atoms with Crippen LogP contribution in [0.2, 0.25) is 0 Å². The van der Waals surface area contributed by atoms with E-state index >= 15 is 0 Å². The van der Waals surface area contributed by atoms with Crippen LogP contribution in [-0.2, 0) is 6.54 Å². The second-order valence-electron chi connectivity index (χ2n) is 4.49. The summed E-state index contributed by atoms with van der Waals surface area (Å²) < 4.78 is 5.76. The number of ether oxygens (including phenoxy) is 1. The number of phenolic OH excluding ortho intramolecular Hbond substituents is 1. The first kappa shape index (κ1) is 14.8. The van der Waals surface area contributed by atoms with Gasteiger partial charge in [-0.3, -0.25) is 4.98 Å². The molecule has 5 heteroatoms. The average Bonchev–Trinajstić information content (AvgIpc) is 2.48. The van der Waals surface area contributed by atoms with Gasteiger partial charge in [-0.25, -0.2) is 0 Å². The molecule has 0 fully saturated rings. The Labute approximate surface area is 126 Å². The van der Waals surface area contributed by atoms with Gasteiger partial charge < -0.3 is 15.2 Å². The summed E-state index contributed by atoms with van der Waals surface area (Å²) in [4.78, 5) is 4.32. The van der Waals surface area contributed by atoms with E-state index in [-0.39, 0.29) is 11.8 Å². The summed E-state index contributed by atoms with van der Waals surface area (Å²) in [6.45, 7) is 2.72. The topological polar surface area (TPSA) is 54.4 Å². The van der Waals surface area contributed by atoms with E-state index in [9.17, 15) is 5.11 Å². The van der Waals surface area contributed by atoms with Gasteiger partial charge in [-0.1, -0.05) is 6.07 Å². The SMILES string of the molecule is COc1cc(CN[C@H](C)c2ccccn2)cc(Br)c1O. The van der Waals surface area contributed by atoms with Gasteiger partial charge in [-0.05, 0) is 52.7 Å². The Morgan fingerprint density at radius 1 is 1.40 bits per heavy atom. The molecule has 1 aromatic heterocycles. The Bertz CT molecular complexity index is 576. The molecule has 1 heterocycles. The number of pyridine rings is 1. The van der Waals surface area contributed by atoms with Gasteiger partial charge in [0.25, 0.3) is 0 Å². The van der Waals surface area contributed by atoms with Crippen molar-refractivity contribution in [1.82, 2.24) is 10.3 Å². The number of hydrogen-bond donors (Lipinski definition) is 2. The van der Waals surface area contributed by atoms with E-state index in [2.05, 4.69) is 33.2 Å². The number of benzene rings is 1. The second-order valence-corrected chi connectivity index (χ2v) is 5.34. The van der Waals surface area contributed by atoms with Crippen LogP contribution in [0, 0.1) is 0 Å². The largest absolute Gasteiger partial charge is 0.503 e. The highest BCUT2D eigenvalue weighted by molar-refractivity contribution is 9.10. The Kier molecular flexibility index (Phi) is 4.98. The lowest BCUT2D eigenvalue weighted by Crippen LogP contribution is -2.19. The summed E-state index contributed by atoms with van der Waals surface area (Å²) in [7, 11) is 1.54. The van der Waals surface area contributed by atoms with Crippen LogP contribution in [0.1, 0.15) is 24.2 Å². The van der Waals surface area contributed by atoms with E-state index in [4.69, 9.17) is 4.74 Å². The van der Waals surface area contributed by atoms with Crippen molar-refractivity contribution in [2.24, 2.45) is 0 Å². The van der Waals surface area contributed by atoms with Crippen LogP contribution in [0.4, 0.5) is 0 Å². The van der Waals surface area contributed by atoms with Crippen LogP contribution in [-0.4, -0.2) is 17.2 Å². The summed E-state index contributed by atoms with van der Waals surface area (Å²) in [5, 5.41) is 13.2. The number of aromatic hydroxyl groups is 1. The van der Waals surface area contributed by atoms with Crippen LogP contribution in [0.3, 0.4) is 0 Å². The molecule has 0 saturated heterocycles. The number of aromatic nitrogens is 1. The Morgan fingerprint density at radius 3 is 2.85 bits per heavy atom. The molecular weight excluding hydrogens is 320 g/mol. The molecule has 106 valence electrons. The summed E-state index contributed by atoms with van der Waals surface area (Å²) in [6, 6.07) is 9.70. The van der Waals surface area contributed by atoms with Gasteiger partial charge in [0.15, 0.2) is 11.5 Å². The lowest BCUT2D eigenvalue weighted by atomic mass is 10.1. The molecule has 0 aliphatic heterocycles. The highest BCUT2D eigenvalue weighted by atomic mass is 79.9. The first-order valence-corrected chi connectivity index (χ1v) is 7.10. The van der Waals surface area contributed by atoms with Crippen LogP contribution in [0.25, 0.3) is 0 Å². The minimum absolute atomic E-state index is 0.119. The molecule has 0 bridgehead atoms. The van der Waals surface area contributed by atoms with Gasteiger partial charge >= 0.3 is 0 Å². The molecule has 0 spiro atoms. The van der Waals surface area contributed by atoms with E-state index in [0.29, 0.717) is 16.8 Å². The fourth-order valence-corrected chi connectivity index (χ4v) is 2.38. The zero-order valence-electron chi connectivity index (χ0n) is 11.4. The molecule has 0 radical (unpaired) electrons. The quantitative estimate of drug-likeness (QED) is 0.878. The van der Waals surface area contributed by atoms with Crippen molar-refractivity contribution in [3.8, 4) is 11.5 Å². The van der Waals surface area contributed by atoms with Crippen molar-refractivity contribution in [2.45, 2.75) is 19.5 Å². The van der Waals surface area contributed by atoms with Crippen LogP contribution in [0.5, 0.6) is 11.5 Å². The molecule has 0 saturated carbocycles. The first-order valence-electron chi connectivity index (χ1n) is 6.31. The fourth-order valence-electron chi connectivity index (χ4n) is 1.89. The lowest BCUT2D eigenvalue weighted by Gasteiger charge is -2.14. The smallest absolute Gasteiger partial charge is 0.172 e. The fraction of sp³-hybridized carbons (Fsp3) is 0.267. The monoisotopic (exact) mass is 336 g/mol. The van der Waals surface area contributed by atoms with Crippen LogP contribution in [0.15, 0.2) is 41.0 Å². The maximum Gasteiger partial charge on any atom is 0.172 e. The molecule has 4 nitrogen and oxygen atoms in total. The molecule has 2 aromatic rings. The van der Waals surface area contributed by atoms with Crippen LogP contribution < -0.4 is 10.1 Å². The van der Waals surface area contributed by atoms with Crippen molar-refractivity contribution >= 4 is 15.9 Å². The molecule has 20 heavy (non-hydrogen) atoms. The zero-order chi connectivity index (χ0) is 14.5. The molecule has 2 N–H and O–H groups in total. The number of nitrogens with one attached hydrogen (secondary N) is 1. The number of halogens is 1. The normalized spacial score (nSPS) is 12.2. The standard InChI is InChI=1S/C15H17BrN2O2/c1-10(13-5-3-4-6-17-13)18-9-11-7-12(16)15(19)14(8-11)20-2/h3-8,10,18-19H,9H2,1-2H3/t10-/m1/s1. The van der Waals surface area contributed by atoms with Crippen molar-refractivity contribution in [3.63, 3.8) is 0 Å². The van der Waals surface area contributed by atoms with Gasteiger partial charge in [-0.15, -0.1) is 0 Å². The van der Waals surface area contributed by atoms with Crippen molar-refractivity contribution in [3.05, 3.63) is 52.3 Å². The number of rotatable bonds is 5. The Balaban J connectivity index is 2.06. The number of phenols is 1. The summed E-state index contributed by atoms with van der Waals surface area (Å²) in [5.41, 5.74) is 2.02. The van der Waals surface area contributed by atoms with Crippen LogP contribution >= 0.6 is 15.9 Å². The summed E-state index contributed by atoms with van der Waals surface area (Å²) in [6.07, 6.45) is 1.79. The molecule has 2 rings (SSSR count). The number of methoxy groups -OCH3 is 1. The first-order chi connectivity index (χ1) is 9.61. The minimum atomic E-state index is 0.119. The lowest BCUT2D eigenvalue weighted by molar-refractivity contribution is 0.371. The van der Waals surface area contributed by atoms with Crippen molar-refractivity contribution in [2.75, 3.05) is 7.11 Å². The van der Waals surface area contributed by atoms with Gasteiger partial charge in [0.2, 0.25) is 0 Å². The predicted octanol–water partition coefficient (Wildman–Crippen LogP) is 3.41. The maximum absolute atomic E-state index is 9.78. The van der Waals surface area contributed by atoms with Gasteiger partial charge in [-0.2, -0.15) is 0 Å². The van der Waals surface area contributed by atoms with Crippen molar-refractivity contribution in [1.29, 1.82) is 0 Å². The average molecular weight is 337 g/mol. The minimum Gasteiger partial charge on any atom is -0.503 e. The Hall–Kier alpha value is -1.59. The van der Waals surface area contributed by atoms with E-state index in [1.54, 1.807) is 6.20 Å². The van der Waals surface area contributed by atoms with E-state index in [1.807, 2.05) is 30.3 Å². The third-order valence-electron chi connectivity index (χ3n) is 3.05. The van der Waals surface area contributed by atoms with E-state index in [0.717, 1.165) is 11.3 Å². The molecule has 0 unspecified atom stereocenters. The summed E-state index contributed by atoms with van der Waals surface area (Å²) >= 11 is 3.32. The second kappa shape index (κ2) is 6.72.